The maximum absolute atomic E-state index is 11.8. The Morgan fingerprint density at radius 1 is 1.27 bits per heavy atom. The van der Waals surface area contributed by atoms with E-state index in [0.717, 1.165) is 13.1 Å². The first-order valence-electron chi connectivity index (χ1n) is 4.20. The smallest absolute Gasteiger partial charge is 0.302 e. The lowest BCUT2D eigenvalue weighted by molar-refractivity contribution is -0.129. The molecule has 3 heteroatoms. The molecular weight excluding hydrogens is 145 g/mol. The zero-order valence-corrected chi connectivity index (χ0v) is 6.68. The highest BCUT2D eigenvalue weighted by Crippen LogP contribution is 2.08. The Hall–Kier alpha value is -0.440. The van der Waals surface area contributed by atoms with Crippen molar-refractivity contribution in [3.05, 3.63) is 0 Å². The zero-order chi connectivity index (χ0) is 8.10. The van der Waals surface area contributed by atoms with Gasteiger partial charge in [-0.05, 0) is 25.9 Å². The first-order chi connectivity index (χ1) is 5.29. The van der Waals surface area contributed by atoms with Gasteiger partial charge in [0.1, 0.15) is 0 Å². The Bertz CT molecular complexity index is 132. The first kappa shape index (κ1) is 8.65. The summed E-state index contributed by atoms with van der Waals surface area (Å²) in [6.45, 7) is 2.68. The number of likely N-dealkylation sites (tertiary alicyclic amines) is 1. The van der Waals surface area contributed by atoms with Crippen molar-refractivity contribution in [2.75, 3.05) is 19.6 Å². The molecule has 0 aromatic rings. The molecule has 0 amide bonds. The molecule has 0 N–H and O–H groups in total. The lowest BCUT2D eigenvalue weighted by Crippen LogP contribution is -2.31. The third-order valence-electron chi connectivity index (χ3n) is 2.07. The molecule has 11 heavy (non-hydrogen) atoms. The van der Waals surface area contributed by atoms with Crippen LogP contribution in [0.4, 0.5) is 4.39 Å². The van der Waals surface area contributed by atoms with Gasteiger partial charge in [0.2, 0.25) is 0 Å². The molecule has 0 bridgehead atoms. The van der Waals surface area contributed by atoms with Crippen LogP contribution >= 0.6 is 0 Å². The Balaban J connectivity index is 2.09. The second-order valence-electron chi connectivity index (χ2n) is 3.01. The summed E-state index contributed by atoms with van der Waals surface area (Å²) in [5.41, 5.74) is 0. The number of hydrogen-bond acceptors (Lipinski definition) is 2. The highest BCUT2D eigenvalue weighted by Gasteiger charge is 2.10. The van der Waals surface area contributed by atoms with Crippen molar-refractivity contribution in [3.63, 3.8) is 0 Å². The van der Waals surface area contributed by atoms with Crippen LogP contribution in [-0.4, -0.2) is 30.6 Å². The number of halogens is 1. The van der Waals surface area contributed by atoms with Crippen molar-refractivity contribution in [1.82, 2.24) is 4.90 Å². The lowest BCUT2D eigenvalue weighted by atomic mass is 10.1. The van der Waals surface area contributed by atoms with Crippen LogP contribution in [0.5, 0.6) is 0 Å². The monoisotopic (exact) mass is 159 g/mol. The molecule has 0 aromatic heterocycles. The van der Waals surface area contributed by atoms with Gasteiger partial charge in [0.25, 0.3) is 0 Å². The van der Waals surface area contributed by atoms with Crippen molar-refractivity contribution in [2.45, 2.75) is 25.7 Å². The maximum atomic E-state index is 11.8. The fraction of sp³-hybridized carbons (Fsp3) is 0.875. The molecule has 0 saturated carbocycles. The van der Waals surface area contributed by atoms with E-state index in [1.54, 1.807) is 0 Å². The standard InChI is InChI=1S/C8H14FNO/c9-8(11)4-7-10-5-2-1-3-6-10/h1-7H2. The molecule has 2 nitrogen and oxygen atoms in total. The average molecular weight is 159 g/mol. The van der Waals surface area contributed by atoms with Gasteiger partial charge in [-0.3, -0.25) is 4.79 Å². The van der Waals surface area contributed by atoms with Gasteiger partial charge in [-0.15, -0.1) is 0 Å². The lowest BCUT2D eigenvalue weighted by Gasteiger charge is -2.25. The SMILES string of the molecule is O=C(F)CCN1CCCCC1. The van der Waals surface area contributed by atoms with Crippen molar-refractivity contribution in [3.8, 4) is 0 Å². The molecule has 0 unspecified atom stereocenters. The molecular formula is C8H14FNO. The molecule has 1 saturated heterocycles. The summed E-state index contributed by atoms with van der Waals surface area (Å²) in [7, 11) is 0. The minimum atomic E-state index is -1.18. The fourth-order valence-electron chi connectivity index (χ4n) is 1.43. The van der Waals surface area contributed by atoms with Crippen LogP contribution < -0.4 is 0 Å². The van der Waals surface area contributed by atoms with Crippen LogP contribution in [0.2, 0.25) is 0 Å². The van der Waals surface area contributed by atoms with Gasteiger partial charge in [0.05, 0.1) is 6.42 Å². The highest BCUT2D eigenvalue weighted by atomic mass is 19.1. The van der Waals surface area contributed by atoms with Crippen LogP contribution in [0, 0.1) is 0 Å². The number of hydrogen-bond donors (Lipinski definition) is 0. The Kier molecular flexibility index (Phi) is 3.49. The largest absolute Gasteiger partial charge is 0.303 e. The Morgan fingerprint density at radius 2 is 1.91 bits per heavy atom. The number of nitrogens with zero attached hydrogens (tertiary/aromatic N) is 1. The van der Waals surface area contributed by atoms with Gasteiger partial charge in [-0.25, -0.2) is 0 Å². The minimum absolute atomic E-state index is 0.0694. The number of rotatable bonds is 3. The molecule has 0 aromatic carbocycles. The van der Waals surface area contributed by atoms with E-state index in [-0.39, 0.29) is 6.42 Å². The average Bonchev–Trinajstić information content (AvgIpc) is 2.03. The molecule has 0 atom stereocenters. The number of carbonyl (C=O) groups is 1. The molecule has 1 heterocycles. The summed E-state index contributed by atoms with van der Waals surface area (Å²) in [5, 5.41) is 0. The van der Waals surface area contributed by atoms with Gasteiger partial charge in [0, 0.05) is 6.54 Å². The predicted octanol–water partition coefficient (Wildman–Crippen LogP) is 1.36. The van der Waals surface area contributed by atoms with Gasteiger partial charge >= 0.3 is 6.04 Å². The molecule has 1 fully saturated rings. The molecule has 1 rings (SSSR count). The summed E-state index contributed by atoms with van der Waals surface area (Å²) in [6.07, 6.45) is 3.74. The van der Waals surface area contributed by atoms with E-state index in [9.17, 15) is 9.18 Å². The van der Waals surface area contributed by atoms with Crippen LogP contribution in [0.15, 0.2) is 0 Å². The maximum Gasteiger partial charge on any atom is 0.302 e. The topological polar surface area (TPSA) is 20.3 Å². The molecule has 64 valence electrons. The van der Waals surface area contributed by atoms with E-state index in [2.05, 4.69) is 4.90 Å². The van der Waals surface area contributed by atoms with Gasteiger partial charge in [-0.1, -0.05) is 6.42 Å². The van der Waals surface area contributed by atoms with Crippen molar-refractivity contribution < 1.29 is 9.18 Å². The van der Waals surface area contributed by atoms with Crippen molar-refractivity contribution >= 4 is 6.04 Å². The Labute approximate surface area is 66.4 Å². The van der Waals surface area contributed by atoms with Gasteiger partial charge in [0.15, 0.2) is 0 Å². The molecule has 0 spiro atoms. The van der Waals surface area contributed by atoms with Gasteiger partial charge in [-0.2, -0.15) is 4.39 Å². The summed E-state index contributed by atoms with van der Waals surface area (Å²) in [6, 6.07) is -1.18. The van der Waals surface area contributed by atoms with Crippen LogP contribution in [0.25, 0.3) is 0 Å². The van der Waals surface area contributed by atoms with E-state index < -0.39 is 6.04 Å². The molecule has 0 aliphatic carbocycles. The third-order valence-corrected chi connectivity index (χ3v) is 2.07. The number of carbonyl (C=O) groups excluding carboxylic acids is 1. The third kappa shape index (κ3) is 3.46. The molecule has 0 radical (unpaired) electrons. The second kappa shape index (κ2) is 4.44. The minimum Gasteiger partial charge on any atom is -0.303 e. The van der Waals surface area contributed by atoms with E-state index in [1.807, 2.05) is 0 Å². The van der Waals surface area contributed by atoms with Gasteiger partial charge < -0.3 is 4.90 Å². The quantitative estimate of drug-likeness (QED) is 0.579. The summed E-state index contributed by atoms with van der Waals surface area (Å²) in [4.78, 5) is 12.1. The highest BCUT2D eigenvalue weighted by molar-refractivity contribution is 5.67. The summed E-state index contributed by atoms with van der Waals surface area (Å²) >= 11 is 0. The van der Waals surface area contributed by atoms with Crippen molar-refractivity contribution in [1.29, 1.82) is 0 Å². The van der Waals surface area contributed by atoms with Crippen LogP contribution in [0.3, 0.4) is 0 Å². The van der Waals surface area contributed by atoms with Crippen LogP contribution in [0.1, 0.15) is 25.7 Å². The van der Waals surface area contributed by atoms with E-state index >= 15 is 0 Å². The second-order valence-corrected chi connectivity index (χ2v) is 3.01. The fourth-order valence-corrected chi connectivity index (χ4v) is 1.43. The zero-order valence-electron chi connectivity index (χ0n) is 6.68. The normalized spacial score (nSPS) is 20.1. The van der Waals surface area contributed by atoms with Crippen LogP contribution in [-0.2, 0) is 4.79 Å². The van der Waals surface area contributed by atoms with E-state index in [1.165, 1.54) is 19.3 Å². The number of piperidine rings is 1. The molecule has 1 aliphatic rings. The molecule has 1 aliphatic heterocycles. The van der Waals surface area contributed by atoms with Crippen molar-refractivity contribution in [2.24, 2.45) is 0 Å². The Morgan fingerprint density at radius 3 is 2.45 bits per heavy atom. The summed E-state index contributed by atoms with van der Waals surface area (Å²) < 4.78 is 11.8. The first-order valence-corrected chi connectivity index (χ1v) is 4.20. The van der Waals surface area contributed by atoms with E-state index in [0.29, 0.717) is 6.54 Å². The predicted molar refractivity (Wildman–Crippen MR) is 41.0 cm³/mol. The summed E-state index contributed by atoms with van der Waals surface area (Å²) in [5.74, 6) is 0. The van der Waals surface area contributed by atoms with E-state index in [4.69, 9.17) is 0 Å².